The van der Waals surface area contributed by atoms with Crippen LogP contribution >= 0.6 is 0 Å². The predicted molar refractivity (Wildman–Crippen MR) is 133 cm³/mol. The average molecular weight is 475 g/mol. The molecule has 0 bridgehead atoms. The van der Waals surface area contributed by atoms with E-state index in [1.165, 1.54) is 6.07 Å². The maximum absolute atomic E-state index is 13.0. The smallest absolute Gasteiger partial charge is 0.410 e. The number of rotatable bonds is 6. The number of carbonyl (C=O) groups is 3. The SMILES string of the molecule is Cc1ccc(C(=O)Nc2ccc3c(c2)CCN3C(=O)Cc2cccc(NC(=O)O)n2)c(N(C)C)n1. The fraction of sp³-hybridized carbons (Fsp3) is 0.240. The van der Waals surface area contributed by atoms with Gasteiger partial charge in [0.1, 0.15) is 11.6 Å². The Morgan fingerprint density at radius 1 is 1.06 bits per heavy atom. The van der Waals surface area contributed by atoms with E-state index in [4.69, 9.17) is 5.11 Å². The van der Waals surface area contributed by atoms with Crippen LogP contribution < -0.4 is 20.4 Å². The summed E-state index contributed by atoms with van der Waals surface area (Å²) in [5.74, 6) is 0.373. The lowest BCUT2D eigenvalue weighted by Crippen LogP contribution is -2.30. The van der Waals surface area contributed by atoms with Gasteiger partial charge in [-0.05, 0) is 61.4 Å². The van der Waals surface area contributed by atoms with E-state index in [0.29, 0.717) is 35.7 Å². The van der Waals surface area contributed by atoms with Crippen molar-refractivity contribution in [3.05, 3.63) is 71.0 Å². The molecule has 0 aliphatic carbocycles. The largest absolute Gasteiger partial charge is 0.465 e. The molecule has 2 aromatic heterocycles. The van der Waals surface area contributed by atoms with Gasteiger partial charge in [-0.15, -0.1) is 0 Å². The number of carbonyl (C=O) groups excluding carboxylic acids is 2. The van der Waals surface area contributed by atoms with Gasteiger partial charge in [0, 0.05) is 37.7 Å². The van der Waals surface area contributed by atoms with Crippen molar-refractivity contribution in [3.63, 3.8) is 0 Å². The van der Waals surface area contributed by atoms with Crippen LogP contribution in [0.2, 0.25) is 0 Å². The number of amides is 3. The van der Waals surface area contributed by atoms with Crippen LogP contribution in [0.15, 0.2) is 48.5 Å². The van der Waals surface area contributed by atoms with Crippen molar-refractivity contribution in [1.29, 1.82) is 0 Å². The Morgan fingerprint density at radius 2 is 1.86 bits per heavy atom. The Labute approximate surface area is 202 Å². The van der Waals surface area contributed by atoms with Crippen molar-refractivity contribution in [2.24, 2.45) is 0 Å². The van der Waals surface area contributed by atoms with E-state index in [1.54, 1.807) is 40.1 Å². The number of carboxylic acid groups (broad SMARTS) is 1. The number of fused-ring (bicyclic) bond motifs is 1. The molecule has 0 atom stereocenters. The lowest BCUT2D eigenvalue weighted by Gasteiger charge is -2.18. The minimum Gasteiger partial charge on any atom is -0.465 e. The van der Waals surface area contributed by atoms with Crippen LogP contribution in [0.5, 0.6) is 0 Å². The average Bonchev–Trinajstić information content (AvgIpc) is 3.22. The minimum absolute atomic E-state index is 0.0425. The molecule has 0 saturated carbocycles. The lowest BCUT2D eigenvalue weighted by atomic mass is 10.1. The molecule has 3 amide bonds. The Balaban J connectivity index is 1.47. The minimum atomic E-state index is -1.21. The second-order valence-corrected chi connectivity index (χ2v) is 8.43. The molecule has 10 nitrogen and oxygen atoms in total. The maximum atomic E-state index is 13.0. The second kappa shape index (κ2) is 9.80. The van der Waals surface area contributed by atoms with Crippen molar-refractivity contribution < 1.29 is 19.5 Å². The Morgan fingerprint density at radius 3 is 2.60 bits per heavy atom. The van der Waals surface area contributed by atoms with E-state index >= 15 is 0 Å². The van der Waals surface area contributed by atoms with E-state index in [2.05, 4.69) is 20.6 Å². The van der Waals surface area contributed by atoms with E-state index in [-0.39, 0.29) is 24.1 Å². The Bertz CT molecular complexity index is 1310. The summed E-state index contributed by atoms with van der Waals surface area (Å²) in [6, 6.07) is 13.9. The molecule has 35 heavy (non-hydrogen) atoms. The molecule has 1 aliphatic heterocycles. The molecule has 0 spiro atoms. The summed E-state index contributed by atoms with van der Waals surface area (Å²) in [7, 11) is 3.68. The van der Waals surface area contributed by atoms with Crippen LogP contribution in [-0.2, 0) is 17.6 Å². The van der Waals surface area contributed by atoms with Crippen LogP contribution in [0, 0.1) is 6.92 Å². The molecule has 180 valence electrons. The molecular weight excluding hydrogens is 448 g/mol. The maximum Gasteiger partial charge on any atom is 0.410 e. The molecule has 10 heteroatoms. The fourth-order valence-corrected chi connectivity index (χ4v) is 4.01. The Hall–Kier alpha value is -4.47. The zero-order valence-corrected chi connectivity index (χ0v) is 19.7. The van der Waals surface area contributed by atoms with Gasteiger partial charge in [-0.3, -0.25) is 14.9 Å². The monoisotopic (exact) mass is 474 g/mol. The zero-order valence-electron chi connectivity index (χ0n) is 19.7. The highest BCUT2D eigenvalue weighted by Crippen LogP contribution is 2.31. The van der Waals surface area contributed by atoms with Crippen molar-refractivity contribution >= 4 is 40.9 Å². The van der Waals surface area contributed by atoms with Crippen molar-refractivity contribution in [2.45, 2.75) is 19.8 Å². The third-order valence-corrected chi connectivity index (χ3v) is 5.59. The molecule has 1 aromatic carbocycles. The van der Waals surface area contributed by atoms with Gasteiger partial charge in [-0.25, -0.2) is 14.8 Å². The van der Waals surface area contributed by atoms with E-state index < -0.39 is 6.09 Å². The molecular formula is C25H26N6O4. The highest BCUT2D eigenvalue weighted by Gasteiger charge is 2.26. The van der Waals surface area contributed by atoms with Gasteiger partial charge < -0.3 is 20.2 Å². The van der Waals surface area contributed by atoms with E-state index in [1.807, 2.05) is 33.2 Å². The third-order valence-electron chi connectivity index (χ3n) is 5.59. The van der Waals surface area contributed by atoms with Crippen molar-refractivity contribution in [3.8, 4) is 0 Å². The van der Waals surface area contributed by atoms with Crippen molar-refractivity contribution in [1.82, 2.24) is 9.97 Å². The summed E-state index contributed by atoms with van der Waals surface area (Å²) in [6.07, 6.45) is -0.511. The molecule has 4 rings (SSSR count). The highest BCUT2D eigenvalue weighted by molar-refractivity contribution is 6.08. The van der Waals surface area contributed by atoms with Gasteiger partial charge >= 0.3 is 6.09 Å². The number of hydrogen-bond donors (Lipinski definition) is 3. The topological polar surface area (TPSA) is 128 Å². The molecule has 0 saturated heterocycles. The van der Waals surface area contributed by atoms with Crippen LogP contribution in [0.25, 0.3) is 0 Å². The molecule has 3 heterocycles. The number of pyridine rings is 2. The molecule has 1 aliphatic rings. The molecule has 0 fully saturated rings. The lowest BCUT2D eigenvalue weighted by molar-refractivity contribution is -0.117. The van der Waals surface area contributed by atoms with Crippen LogP contribution in [-0.4, -0.2) is 53.6 Å². The zero-order chi connectivity index (χ0) is 25.1. The normalized spacial score (nSPS) is 12.1. The Kier molecular flexibility index (Phi) is 6.63. The fourth-order valence-electron chi connectivity index (χ4n) is 4.01. The van der Waals surface area contributed by atoms with E-state index in [9.17, 15) is 14.4 Å². The summed E-state index contributed by atoms with van der Waals surface area (Å²) in [5.41, 5.74) is 4.17. The first kappa shape index (κ1) is 23.7. The summed E-state index contributed by atoms with van der Waals surface area (Å²) < 4.78 is 0. The molecule has 3 aromatic rings. The second-order valence-electron chi connectivity index (χ2n) is 8.43. The number of anilines is 4. The molecule has 0 unspecified atom stereocenters. The third kappa shape index (κ3) is 5.37. The van der Waals surface area contributed by atoms with Crippen LogP contribution in [0.4, 0.5) is 27.8 Å². The van der Waals surface area contributed by atoms with Crippen LogP contribution in [0.1, 0.15) is 27.3 Å². The number of hydrogen-bond acceptors (Lipinski definition) is 6. The quantitative estimate of drug-likeness (QED) is 0.500. The number of aryl methyl sites for hydroxylation is 1. The number of aromatic nitrogens is 2. The summed E-state index contributed by atoms with van der Waals surface area (Å²) in [6.45, 7) is 2.40. The number of benzene rings is 1. The van der Waals surface area contributed by atoms with Gasteiger partial charge in [-0.2, -0.15) is 0 Å². The summed E-state index contributed by atoms with van der Waals surface area (Å²) >= 11 is 0. The van der Waals surface area contributed by atoms with Gasteiger partial charge in [0.05, 0.1) is 17.7 Å². The van der Waals surface area contributed by atoms with Gasteiger partial charge in [-0.1, -0.05) is 6.07 Å². The summed E-state index contributed by atoms with van der Waals surface area (Å²) in [4.78, 5) is 48.8. The molecule has 0 radical (unpaired) electrons. The predicted octanol–water partition coefficient (Wildman–Crippen LogP) is 3.33. The first-order chi connectivity index (χ1) is 16.7. The van der Waals surface area contributed by atoms with E-state index in [0.717, 1.165) is 16.9 Å². The standard InChI is InChI=1S/C25H26N6O4/c1-15-7-9-19(23(26-15)30(2)3)24(33)28-18-8-10-20-16(13-18)11-12-31(20)22(32)14-17-5-4-6-21(27-17)29-25(34)35/h4-10,13H,11-12,14H2,1-3H3,(H,27,29)(H,28,33)(H,34,35). The van der Waals surface area contributed by atoms with Crippen molar-refractivity contribution in [2.75, 3.05) is 41.1 Å². The summed E-state index contributed by atoms with van der Waals surface area (Å²) in [5, 5.41) is 14.0. The van der Waals surface area contributed by atoms with Gasteiger partial charge in [0.2, 0.25) is 5.91 Å². The molecule has 3 N–H and O–H groups in total. The first-order valence-corrected chi connectivity index (χ1v) is 11.1. The van der Waals surface area contributed by atoms with Gasteiger partial charge in [0.25, 0.3) is 5.91 Å². The first-order valence-electron chi connectivity index (χ1n) is 11.1. The van der Waals surface area contributed by atoms with Gasteiger partial charge in [0.15, 0.2) is 0 Å². The van der Waals surface area contributed by atoms with Crippen LogP contribution in [0.3, 0.4) is 0 Å². The number of nitrogens with zero attached hydrogens (tertiary/aromatic N) is 4. The number of nitrogens with one attached hydrogen (secondary N) is 2. The highest BCUT2D eigenvalue weighted by atomic mass is 16.4.